The molecule has 0 atom stereocenters. The zero-order valence-electron chi connectivity index (χ0n) is 11.5. The molecule has 2 rings (SSSR count). The number of carbonyl (C=O) groups excluding carboxylic acids is 2. The number of anilines is 1. The lowest BCUT2D eigenvalue weighted by atomic mass is 10.2. The van der Waals surface area contributed by atoms with Crippen LogP contribution in [0.25, 0.3) is 0 Å². The van der Waals surface area contributed by atoms with E-state index in [-0.39, 0.29) is 24.9 Å². The summed E-state index contributed by atoms with van der Waals surface area (Å²) in [6.07, 6.45) is 1.53. The first-order valence-electron chi connectivity index (χ1n) is 6.39. The molecule has 0 aliphatic rings. The van der Waals surface area contributed by atoms with E-state index < -0.39 is 0 Å². The smallest absolute Gasteiger partial charge is 0.240 e. The molecule has 0 aliphatic heterocycles. The van der Waals surface area contributed by atoms with Gasteiger partial charge in [-0.15, -0.1) is 0 Å². The van der Waals surface area contributed by atoms with E-state index in [4.69, 9.17) is 16.0 Å². The summed E-state index contributed by atoms with van der Waals surface area (Å²) >= 11 is 6.06. The number of benzene rings is 1. The van der Waals surface area contributed by atoms with Crippen molar-refractivity contribution in [2.45, 2.75) is 13.5 Å². The Balaban J connectivity index is 2.01. The van der Waals surface area contributed by atoms with Crippen molar-refractivity contribution >= 4 is 29.1 Å². The molecular weight excluding hydrogens is 292 g/mol. The third-order valence-corrected chi connectivity index (χ3v) is 3.18. The maximum Gasteiger partial charge on any atom is 0.240 e. The molecular formula is C15H15ClN2O3. The Morgan fingerprint density at radius 2 is 2.00 bits per heavy atom. The van der Waals surface area contributed by atoms with Gasteiger partial charge in [-0.25, -0.2) is 0 Å². The average molecular weight is 307 g/mol. The lowest BCUT2D eigenvalue weighted by Crippen LogP contribution is -2.39. The van der Waals surface area contributed by atoms with Gasteiger partial charge in [0.1, 0.15) is 12.3 Å². The van der Waals surface area contributed by atoms with Crippen LogP contribution in [0.3, 0.4) is 0 Å². The molecule has 2 amide bonds. The normalized spacial score (nSPS) is 10.2. The van der Waals surface area contributed by atoms with Gasteiger partial charge in [-0.1, -0.05) is 23.7 Å². The summed E-state index contributed by atoms with van der Waals surface area (Å²) in [6.45, 7) is 1.57. The first-order chi connectivity index (χ1) is 10.1. The van der Waals surface area contributed by atoms with Gasteiger partial charge in [0, 0.05) is 6.92 Å². The minimum atomic E-state index is -0.290. The van der Waals surface area contributed by atoms with Gasteiger partial charge in [0.25, 0.3) is 0 Å². The third kappa shape index (κ3) is 4.10. The molecule has 0 radical (unpaired) electrons. The Labute approximate surface area is 127 Å². The van der Waals surface area contributed by atoms with Crippen molar-refractivity contribution in [3.63, 3.8) is 0 Å². The number of amides is 2. The summed E-state index contributed by atoms with van der Waals surface area (Å²) in [6, 6.07) is 10.4. The molecule has 5 nitrogen and oxygen atoms in total. The minimum Gasteiger partial charge on any atom is -0.467 e. The fourth-order valence-electron chi connectivity index (χ4n) is 1.84. The van der Waals surface area contributed by atoms with Gasteiger partial charge < -0.3 is 14.6 Å². The molecule has 0 fully saturated rings. The topological polar surface area (TPSA) is 62.6 Å². The molecule has 1 N–H and O–H groups in total. The summed E-state index contributed by atoms with van der Waals surface area (Å²) in [4.78, 5) is 25.0. The number of hydrogen-bond donors (Lipinski definition) is 1. The molecule has 0 unspecified atom stereocenters. The van der Waals surface area contributed by atoms with Crippen molar-refractivity contribution in [2.24, 2.45) is 0 Å². The second-order valence-corrected chi connectivity index (χ2v) is 4.82. The highest BCUT2D eigenvalue weighted by atomic mass is 35.5. The number of carbonyl (C=O) groups is 2. The molecule has 0 spiro atoms. The number of rotatable bonds is 5. The lowest BCUT2D eigenvalue weighted by Gasteiger charge is -2.21. The number of halogens is 1. The van der Waals surface area contributed by atoms with Crippen molar-refractivity contribution in [2.75, 3.05) is 11.4 Å². The van der Waals surface area contributed by atoms with E-state index in [0.717, 1.165) is 0 Å². The summed E-state index contributed by atoms with van der Waals surface area (Å²) < 4.78 is 5.12. The highest BCUT2D eigenvalue weighted by Crippen LogP contribution is 2.25. The first kappa shape index (κ1) is 15.1. The van der Waals surface area contributed by atoms with E-state index >= 15 is 0 Å². The maximum atomic E-state index is 11.9. The quantitative estimate of drug-likeness (QED) is 0.923. The monoisotopic (exact) mass is 306 g/mol. The van der Waals surface area contributed by atoms with Crippen LogP contribution < -0.4 is 10.2 Å². The van der Waals surface area contributed by atoms with Crippen LogP contribution in [-0.4, -0.2) is 18.4 Å². The standard InChI is InChI=1S/C15H15ClN2O3/c1-11(19)18(14-7-3-2-6-13(14)16)10-15(20)17-9-12-5-4-8-21-12/h2-8H,9-10H2,1H3,(H,17,20). The summed E-state index contributed by atoms with van der Waals surface area (Å²) in [5.74, 6) is 0.105. The molecule has 1 aromatic heterocycles. The van der Waals surface area contributed by atoms with E-state index in [9.17, 15) is 9.59 Å². The van der Waals surface area contributed by atoms with Crippen LogP contribution in [0.5, 0.6) is 0 Å². The fraction of sp³-hybridized carbons (Fsp3) is 0.200. The zero-order valence-corrected chi connectivity index (χ0v) is 12.3. The van der Waals surface area contributed by atoms with Crippen molar-refractivity contribution in [3.05, 3.63) is 53.4 Å². The largest absolute Gasteiger partial charge is 0.467 e. The Kier molecular flexibility index (Phi) is 5.00. The van der Waals surface area contributed by atoms with Crippen LogP contribution in [0.15, 0.2) is 47.1 Å². The predicted molar refractivity (Wildman–Crippen MR) is 80.0 cm³/mol. The van der Waals surface area contributed by atoms with Gasteiger partial charge in [-0.2, -0.15) is 0 Å². The van der Waals surface area contributed by atoms with Crippen LogP contribution in [0.2, 0.25) is 5.02 Å². The maximum absolute atomic E-state index is 11.9. The summed E-state index contributed by atoms with van der Waals surface area (Å²) in [7, 11) is 0. The van der Waals surface area contributed by atoms with E-state index in [1.54, 1.807) is 36.4 Å². The van der Waals surface area contributed by atoms with Gasteiger partial charge >= 0.3 is 0 Å². The van der Waals surface area contributed by atoms with Crippen molar-refractivity contribution in [1.82, 2.24) is 5.32 Å². The van der Waals surface area contributed by atoms with Crippen LogP contribution in [0.1, 0.15) is 12.7 Å². The number of nitrogens with zero attached hydrogens (tertiary/aromatic N) is 1. The van der Waals surface area contributed by atoms with Gasteiger partial charge in [0.2, 0.25) is 11.8 Å². The number of para-hydroxylation sites is 1. The molecule has 0 aliphatic carbocycles. The fourth-order valence-corrected chi connectivity index (χ4v) is 2.07. The second-order valence-electron chi connectivity index (χ2n) is 4.41. The van der Waals surface area contributed by atoms with Gasteiger partial charge in [0.15, 0.2) is 0 Å². The van der Waals surface area contributed by atoms with Gasteiger partial charge in [-0.3, -0.25) is 9.59 Å². The van der Waals surface area contributed by atoms with E-state index in [1.807, 2.05) is 0 Å². The first-order valence-corrected chi connectivity index (χ1v) is 6.77. The molecule has 0 saturated heterocycles. The van der Waals surface area contributed by atoms with Gasteiger partial charge in [0.05, 0.1) is 23.5 Å². The molecule has 0 saturated carbocycles. The van der Waals surface area contributed by atoms with Crippen LogP contribution >= 0.6 is 11.6 Å². The molecule has 2 aromatic rings. The molecule has 6 heteroatoms. The Morgan fingerprint density at radius 1 is 1.24 bits per heavy atom. The summed E-state index contributed by atoms with van der Waals surface area (Å²) in [5.41, 5.74) is 0.514. The van der Waals surface area contributed by atoms with Crippen molar-refractivity contribution in [3.8, 4) is 0 Å². The Bertz CT molecular complexity index is 626. The zero-order chi connectivity index (χ0) is 15.2. The number of nitrogens with one attached hydrogen (secondary N) is 1. The predicted octanol–water partition coefficient (Wildman–Crippen LogP) is 2.60. The SMILES string of the molecule is CC(=O)N(CC(=O)NCc1ccco1)c1ccccc1Cl. The highest BCUT2D eigenvalue weighted by molar-refractivity contribution is 6.33. The average Bonchev–Trinajstić information content (AvgIpc) is 2.96. The van der Waals surface area contributed by atoms with Crippen molar-refractivity contribution < 1.29 is 14.0 Å². The van der Waals surface area contributed by atoms with E-state index in [2.05, 4.69) is 5.32 Å². The van der Waals surface area contributed by atoms with Crippen molar-refractivity contribution in [1.29, 1.82) is 0 Å². The Hall–Kier alpha value is -2.27. The molecule has 110 valence electrons. The lowest BCUT2D eigenvalue weighted by molar-refractivity contribution is -0.123. The number of furan rings is 1. The molecule has 21 heavy (non-hydrogen) atoms. The summed E-state index contributed by atoms with van der Waals surface area (Å²) in [5, 5.41) is 3.11. The van der Waals surface area contributed by atoms with E-state index in [0.29, 0.717) is 16.5 Å². The van der Waals surface area contributed by atoms with Crippen LogP contribution in [0, 0.1) is 0 Å². The minimum absolute atomic E-state index is 0.0974. The Morgan fingerprint density at radius 3 is 2.62 bits per heavy atom. The van der Waals surface area contributed by atoms with E-state index in [1.165, 1.54) is 18.1 Å². The number of hydrogen-bond acceptors (Lipinski definition) is 3. The molecule has 1 aromatic carbocycles. The van der Waals surface area contributed by atoms with Crippen LogP contribution in [0.4, 0.5) is 5.69 Å². The molecule has 1 heterocycles. The molecule has 0 bridgehead atoms. The van der Waals surface area contributed by atoms with Crippen LogP contribution in [-0.2, 0) is 16.1 Å². The third-order valence-electron chi connectivity index (χ3n) is 2.86. The highest BCUT2D eigenvalue weighted by Gasteiger charge is 2.17. The van der Waals surface area contributed by atoms with Gasteiger partial charge in [-0.05, 0) is 24.3 Å². The second kappa shape index (κ2) is 6.95.